The molecule has 3 aromatic carbocycles. The lowest BCUT2D eigenvalue weighted by atomic mass is 10.1. The molecule has 208 valence electrons. The summed E-state index contributed by atoms with van der Waals surface area (Å²) < 4.78 is 28.6. The van der Waals surface area contributed by atoms with Crippen molar-refractivity contribution in [2.75, 3.05) is 23.9 Å². The lowest BCUT2D eigenvalue weighted by Crippen LogP contribution is -2.53. The molecule has 0 saturated carbocycles. The van der Waals surface area contributed by atoms with Gasteiger partial charge in [0.15, 0.2) is 0 Å². The molecular formula is C30H36ClN3O4S. The molecule has 0 fully saturated rings. The predicted octanol–water partition coefficient (Wildman–Crippen LogP) is 5.16. The number of hydrogen-bond donors (Lipinski definition) is 1. The van der Waals surface area contributed by atoms with E-state index in [4.69, 9.17) is 11.6 Å². The Morgan fingerprint density at radius 1 is 0.897 bits per heavy atom. The van der Waals surface area contributed by atoms with Crippen LogP contribution in [0.4, 0.5) is 5.69 Å². The molecule has 0 heterocycles. The highest BCUT2D eigenvalue weighted by Crippen LogP contribution is 2.30. The first kappa shape index (κ1) is 30.2. The molecule has 2 amide bonds. The summed E-state index contributed by atoms with van der Waals surface area (Å²) in [6, 6.07) is 23.3. The van der Waals surface area contributed by atoms with E-state index in [2.05, 4.69) is 5.32 Å². The summed E-state index contributed by atoms with van der Waals surface area (Å²) in [5, 5.41) is 3.13. The zero-order chi connectivity index (χ0) is 28.4. The second-order valence-corrected chi connectivity index (χ2v) is 11.9. The highest BCUT2D eigenvalue weighted by molar-refractivity contribution is 7.92. The molecule has 0 aromatic heterocycles. The lowest BCUT2D eigenvalue weighted by molar-refractivity contribution is -0.139. The number of amides is 2. The smallest absolute Gasteiger partial charge is 0.264 e. The number of benzene rings is 3. The van der Waals surface area contributed by atoms with Crippen LogP contribution in [-0.4, -0.2) is 50.8 Å². The van der Waals surface area contributed by atoms with E-state index in [9.17, 15) is 18.0 Å². The van der Waals surface area contributed by atoms with Crippen LogP contribution in [0.1, 0.15) is 32.8 Å². The molecule has 0 aliphatic heterocycles. The molecule has 0 bridgehead atoms. The second-order valence-electron chi connectivity index (χ2n) is 9.66. The van der Waals surface area contributed by atoms with E-state index in [0.29, 0.717) is 19.4 Å². The molecule has 7 nitrogen and oxygen atoms in total. The van der Waals surface area contributed by atoms with Crippen molar-refractivity contribution in [3.05, 3.63) is 95.5 Å². The predicted molar refractivity (Wildman–Crippen MR) is 156 cm³/mol. The van der Waals surface area contributed by atoms with Gasteiger partial charge in [-0.3, -0.25) is 13.9 Å². The van der Waals surface area contributed by atoms with Crippen molar-refractivity contribution >= 4 is 39.1 Å². The summed E-state index contributed by atoms with van der Waals surface area (Å²) in [5.41, 5.74) is 1.20. The second kappa shape index (κ2) is 14.1. The van der Waals surface area contributed by atoms with Crippen LogP contribution in [0.2, 0.25) is 5.02 Å². The van der Waals surface area contributed by atoms with E-state index >= 15 is 0 Å². The topological polar surface area (TPSA) is 86.8 Å². The zero-order valence-corrected chi connectivity index (χ0v) is 24.2. The summed E-state index contributed by atoms with van der Waals surface area (Å²) in [6.07, 6.45) is 0.889. The van der Waals surface area contributed by atoms with E-state index < -0.39 is 28.5 Å². The van der Waals surface area contributed by atoms with Gasteiger partial charge in [-0.25, -0.2) is 8.42 Å². The molecule has 3 rings (SSSR count). The van der Waals surface area contributed by atoms with Gasteiger partial charge in [-0.15, -0.1) is 0 Å². The van der Waals surface area contributed by atoms with Crippen LogP contribution >= 0.6 is 11.6 Å². The fraction of sp³-hybridized carbons (Fsp3) is 0.333. The summed E-state index contributed by atoms with van der Waals surface area (Å²) in [5.74, 6) is -0.508. The average molecular weight is 570 g/mol. The van der Waals surface area contributed by atoms with Crippen LogP contribution in [0.15, 0.2) is 89.8 Å². The number of carbonyl (C=O) groups excluding carboxylic acids is 2. The molecule has 1 atom stereocenters. The van der Waals surface area contributed by atoms with Gasteiger partial charge in [-0.1, -0.05) is 93.0 Å². The van der Waals surface area contributed by atoms with Crippen LogP contribution in [-0.2, 0) is 26.0 Å². The molecular weight excluding hydrogens is 534 g/mol. The Labute approximate surface area is 236 Å². The Bertz CT molecular complexity index is 1330. The standard InChI is InChI=1S/C30H36ClN3O4S/c1-4-27(30(36)32-21-23(2)3)33(20-19-24-13-7-5-8-14-24)29(35)22-34(28-18-12-11-17-26(28)31)39(37,38)25-15-9-6-10-16-25/h5-18,23,27H,4,19-22H2,1-3H3,(H,32,36). The highest BCUT2D eigenvalue weighted by atomic mass is 35.5. The summed E-state index contributed by atoms with van der Waals surface area (Å²) >= 11 is 6.43. The first-order chi connectivity index (χ1) is 18.6. The van der Waals surface area contributed by atoms with Gasteiger partial charge >= 0.3 is 0 Å². The first-order valence-electron chi connectivity index (χ1n) is 13.1. The van der Waals surface area contributed by atoms with Gasteiger partial charge in [0, 0.05) is 13.1 Å². The van der Waals surface area contributed by atoms with E-state index in [-0.39, 0.29) is 34.0 Å². The SMILES string of the molecule is CCC(C(=O)NCC(C)C)N(CCc1ccccc1)C(=O)CN(c1ccccc1Cl)S(=O)(=O)c1ccccc1. The third kappa shape index (κ3) is 8.07. The van der Waals surface area contributed by atoms with Gasteiger partial charge in [0.05, 0.1) is 15.6 Å². The molecule has 1 N–H and O–H groups in total. The minimum atomic E-state index is -4.15. The van der Waals surface area contributed by atoms with Gasteiger partial charge in [0.1, 0.15) is 12.6 Å². The number of nitrogens with one attached hydrogen (secondary N) is 1. The maximum absolute atomic E-state index is 14.0. The summed E-state index contributed by atoms with van der Waals surface area (Å²) in [6.45, 7) is 6.05. The summed E-state index contributed by atoms with van der Waals surface area (Å²) in [4.78, 5) is 28.7. The van der Waals surface area contributed by atoms with Gasteiger partial charge in [0.2, 0.25) is 11.8 Å². The number of para-hydroxylation sites is 1. The van der Waals surface area contributed by atoms with Crippen LogP contribution in [0.3, 0.4) is 0 Å². The fourth-order valence-electron chi connectivity index (χ4n) is 4.21. The van der Waals surface area contributed by atoms with E-state index in [1.165, 1.54) is 17.0 Å². The maximum Gasteiger partial charge on any atom is 0.264 e. The fourth-order valence-corrected chi connectivity index (χ4v) is 5.95. The van der Waals surface area contributed by atoms with Crippen molar-refractivity contribution in [1.29, 1.82) is 0 Å². The van der Waals surface area contributed by atoms with Crippen LogP contribution in [0.5, 0.6) is 0 Å². The molecule has 39 heavy (non-hydrogen) atoms. The van der Waals surface area contributed by atoms with Crippen molar-refractivity contribution in [1.82, 2.24) is 10.2 Å². The van der Waals surface area contributed by atoms with Crippen molar-refractivity contribution < 1.29 is 18.0 Å². The lowest BCUT2D eigenvalue weighted by Gasteiger charge is -2.33. The maximum atomic E-state index is 14.0. The van der Waals surface area contributed by atoms with Crippen LogP contribution in [0.25, 0.3) is 0 Å². The Morgan fingerprint density at radius 3 is 2.08 bits per heavy atom. The monoisotopic (exact) mass is 569 g/mol. The first-order valence-corrected chi connectivity index (χ1v) is 14.9. The molecule has 9 heteroatoms. The average Bonchev–Trinajstić information content (AvgIpc) is 2.94. The van der Waals surface area contributed by atoms with E-state index in [1.807, 2.05) is 51.1 Å². The zero-order valence-electron chi connectivity index (χ0n) is 22.6. The highest BCUT2D eigenvalue weighted by Gasteiger charge is 2.34. The van der Waals surface area contributed by atoms with Gasteiger partial charge in [-0.05, 0) is 48.6 Å². The quantitative estimate of drug-likeness (QED) is 0.308. The van der Waals surface area contributed by atoms with Crippen molar-refractivity contribution in [2.24, 2.45) is 5.92 Å². The Balaban J connectivity index is 1.99. The Kier molecular flexibility index (Phi) is 10.9. The molecule has 0 aliphatic rings. The number of anilines is 1. The van der Waals surface area contributed by atoms with Crippen LogP contribution < -0.4 is 9.62 Å². The van der Waals surface area contributed by atoms with Crippen LogP contribution in [0, 0.1) is 5.92 Å². The Hall–Kier alpha value is -3.36. The van der Waals surface area contributed by atoms with Gasteiger partial charge in [-0.2, -0.15) is 0 Å². The minimum Gasteiger partial charge on any atom is -0.354 e. The number of sulfonamides is 1. The van der Waals surface area contributed by atoms with E-state index in [0.717, 1.165) is 9.87 Å². The van der Waals surface area contributed by atoms with Crippen molar-refractivity contribution in [3.8, 4) is 0 Å². The normalized spacial score (nSPS) is 12.1. The van der Waals surface area contributed by atoms with Gasteiger partial charge < -0.3 is 10.2 Å². The van der Waals surface area contributed by atoms with E-state index in [1.54, 1.807) is 42.5 Å². The number of hydrogen-bond acceptors (Lipinski definition) is 4. The largest absolute Gasteiger partial charge is 0.354 e. The van der Waals surface area contributed by atoms with Crippen molar-refractivity contribution in [3.63, 3.8) is 0 Å². The third-order valence-corrected chi connectivity index (χ3v) is 8.38. The number of carbonyl (C=O) groups is 2. The van der Waals surface area contributed by atoms with Gasteiger partial charge in [0.25, 0.3) is 10.0 Å². The minimum absolute atomic E-state index is 0.0373. The molecule has 1 unspecified atom stereocenters. The molecule has 0 spiro atoms. The number of halogens is 1. The number of rotatable bonds is 13. The Morgan fingerprint density at radius 2 is 1.49 bits per heavy atom. The summed E-state index contributed by atoms with van der Waals surface area (Å²) in [7, 11) is -4.15. The molecule has 0 aliphatic carbocycles. The number of nitrogens with zero attached hydrogens (tertiary/aromatic N) is 2. The molecule has 3 aromatic rings. The molecule has 0 saturated heterocycles. The third-order valence-electron chi connectivity index (χ3n) is 6.29. The van der Waals surface area contributed by atoms with Crippen molar-refractivity contribution in [2.45, 2.75) is 44.6 Å². The molecule has 0 radical (unpaired) electrons.